The standard InChI is InChI=1S/C21H32N2O3/c1-21(2,26)11-10-16-6-8-17(9-7-16)20(25)23-14-18(19(24)15-23)22-12-4-3-5-13-22/h6-9,18-19,24,26H,3-5,10-15H2,1-2H3/t18-,19-/m0/s1. The predicted molar refractivity (Wildman–Crippen MR) is 102 cm³/mol. The molecule has 2 fully saturated rings. The second kappa shape index (κ2) is 8.07. The molecule has 0 aliphatic carbocycles. The van der Waals surface area contributed by atoms with Crippen LogP contribution in [0.5, 0.6) is 0 Å². The summed E-state index contributed by atoms with van der Waals surface area (Å²) < 4.78 is 0. The summed E-state index contributed by atoms with van der Waals surface area (Å²) in [5, 5.41) is 20.3. The number of likely N-dealkylation sites (tertiary alicyclic amines) is 2. The van der Waals surface area contributed by atoms with Crippen LogP contribution < -0.4 is 0 Å². The fourth-order valence-corrected chi connectivity index (χ4v) is 3.99. The van der Waals surface area contributed by atoms with E-state index < -0.39 is 11.7 Å². The fourth-order valence-electron chi connectivity index (χ4n) is 3.99. The third-order valence-electron chi connectivity index (χ3n) is 5.63. The first-order valence-electron chi connectivity index (χ1n) is 9.86. The molecular formula is C21H32N2O3. The van der Waals surface area contributed by atoms with Crippen molar-refractivity contribution in [1.29, 1.82) is 0 Å². The fraction of sp³-hybridized carbons (Fsp3) is 0.667. The van der Waals surface area contributed by atoms with Crippen molar-refractivity contribution < 1.29 is 15.0 Å². The van der Waals surface area contributed by atoms with E-state index >= 15 is 0 Å². The van der Waals surface area contributed by atoms with E-state index in [2.05, 4.69) is 4.90 Å². The van der Waals surface area contributed by atoms with Gasteiger partial charge in [-0.15, -0.1) is 0 Å². The minimum atomic E-state index is -0.677. The van der Waals surface area contributed by atoms with E-state index in [1.54, 1.807) is 4.90 Å². The van der Waals surface area contributed by atoms with E-state index in [0.717, 1.165) is 25.1 Å². The van der Waals surface area contributed by atoms with Crippen molar-refractivity contribution >= 4 is 5.91 Å². The van der Waals surface area contributed by atoms with Crippen LogP contribution in [0.15, 0.2) is 24.3 Å². The van der Waals surface area contributed by atoms with E-state index in [1.165, 1.54) is 19.3 Å². The van der Waals surface area contributed by atoms with E-state index in [-0.39, 0.29) is 11.9 Å². The van der Waals surface area contributed by atoms with Gasteiger partial charge in [-0.2, -0.15) is 0 Å². The van der Waals surface area contributed by atoms with Crippen molar-refractivity contribution in [3.8, 4) is 0 Å². The summed E-state index contributed by atoms with van der Waals surface area (Å²) >= 11 is 0. The quantitative estimate of drug-likeness (QED) is 0.844. The van der Waals surface area contributed by atoms with E-state index in [4.69, 9.17) is 0 Å². The SMILES string of the molecule is CC(C)(O)CCc1ccc(C(=O)N2C[C@H](O)[C@@H](N3CCCCC3)C2)cc1. The van der Waals surface area contributed by atoms with Gasteiger partial charge in [-0.1, -0.05) is 18.6 Å². The number of nitrogens with zero attached hydrogens (tertiary/aromatic N) is 2. The number of piperidine rings is 1. The number of aryl methyl sites for hydroxylation is 1. The number of benzene rings is 1. The monoisotopic (exact) mass is 360 g/mol. The van der Waals surface area contributed by atoms with Gasteiger partial charge in [-0.3, -0.25) is 9.69 Å². The van der Waals surface area contributed by atoms with Crippen molar-refractivity contribution in [1.82, 2.24) is 9.80 Å². The first-order chi connectivity index (χ1) is 12.3. The Morgan fingerprint density at radius 3 is 2.38 bits per heavy atom. The van der Waals surface area contributed by atoms with Crippen LogP contribution in [0, 0.1) is 0 Å². The van der Waals surface area contributed by atoms with Crippen LogP contribution in [0.25, 0.3) is 0 Å². The second-order valence-electron chi connectivity index (χ2n) is 8.45. The van der Waals surface area contributed by atoms with Gasteiger partial charge in [0, 0.05) is 18.7 Å². The molecule has 0 saturated carbocycles. The van der Waals surface area contributed by atoms with Crippen LogP contribution >= 0.6 is 0 Å². The number of hydrogen-bond donors (Lipinski definition) is 2. The van der Waals surface area contributed by atoms with Crippen LogP contribution in [-0.2, 0) is 6.42 Å². The van der Waals surface area contributed by atoms with E-state index in [0.29, 0.717) is 25.1 Å². The Morgan fingerprint density at radius 1 is 1.12 bits per heavy atom. The molecular weight excluding hydrogens is 328 g/mol. The maximum atomic E-state index is 12.8. The highest BCUT2D eigenvalue weighted by atomic mass is 16.3. The molecule has 0 radical (unpaired) electrons. The minimum absolute atomic E-state index is 0.00222. The van der Waals surface area contributed by atoms with E-state index in [9.17, 15) is 15.0 Å². The van der Waals surface area contributed by atoms with Crippen molar-refractivity contribution in [2.24, 2.45) is 0 Å². The molecule has 2 N–H and O–H groups in total. The summed E-state index contributed by atoms with van der Waals surface area (Å²) in [5.41, 5.74) is 1.11. The van der Waals surface area contributed by atoms with Crippen molar-refractivity contribution in [3.63, 3.8) is 0 Å². The van der Waals surface area contributed by atoms with Crippen LogP contribution in [-0.4, -0.2) is 69.8 Å². The zero-order valence-electron chi connectivity index (χ0n) is 16.0. The zero-order valence-corrected chi connectivity index (χ0v) is 16.0. The molecule has 144 valence electrons. The molecule has 5 heteroatoms. The maximum absolute atomic E-state index is 12.8. The molecule has 3 rings (SSSR count). The molecule has 1 aromatic carbocycles. The average Bonchev–Trinajstić information content (AvgIpc) is 3.02. The normalized spacial score (nSPS) is 24.8. The van der Waals surface area contributed by atoms with Gasteiger partial charge in [-0.25, -0.2) is 0 Å². The number of amides is 1. The third kappa shape index (κ3) is 4.84. The Bertz CT molecular complexity index is 603. The lowest BCUT2D eigenvalue weighted by atomic mass is 9.98. The number of aliphatic hydroxyl groups excluding tert-OH is 1. The van der Waals surface area contributed by atoms with Gasteiger partial charge in [0.1, 0.15) is 0 Å². The molecule has 0 bridgehead atoms. The van der Waals surface area contributed by atoms with Crippen LogP contribution in [0.1, 0.15) is 55.5 Å². The first kappa shape index (κ1) is 19.3. The Labute approximate surface area is 156 Å². The molecule has 0 spiro atoms. The van der Waals surface area contributed by atoms with Crippen molar-refractivity contribution in [3.05, 3.63) is 35.4 Å². The summed E-state index contributed by atoms with van der Waals surface area (Å²) in [6.45, 7) is 6.70. The Balaban J connectivity index is 1.58. The summed E-state index contributed by atoms with van der Waals surface area (Å²) in [7, 11) is 0. The highest BCUT2D eigenvalue weighted by Gasteiger charge is 2.38. The van der Waals surface area contributed by atoms with Gasteiger partial charge in [0.25, 0.3) is 5.91 Å². The van der Waals surface area contributed by atoms with Crippen molar-refractivity contribution in [2.75, 3.05) is 26.2 Å². The van der Waals surface area contributed by atoms with Crippen LogP contribution in [0.3, 0.4) is 0 Å². The Hall–Kier alpha value is -1.43. The number of aliphatic hydroxyl groups is 2. The minimum Gasteiger partial charge on any atom is -0.390 e. The molecule has 2 heterocycles. The second-order valence-corrected chi connectivity index (χ2v) is 8.45. The lowest BCUT2D eigenvalue weighted by Crippen LogP contribution is -2.46. The summed E-state index contributed by atoms with van der Waals surface area (Å²) in [4.78, 5) is 16.9. The zero-order chi connectivity index (χ0) is 18.7. The van der Waals surface area contributed by atoms with Gasteiger partial charge in [0.15, 0.2) is 0 Å². The van der Waals surface area contributed by atoms with Gasteiger partial charge in [0.2, 0.25) is 0 Å². The lowest BCUT2D eigenvalue weighted by molar-refractivity contribution is 0.0702. The molecule has 1 amide bonds. The topological polar surface area (TPSA) is 64.0 Å². The van der Waals surface area contributed by atoms with Gasteiger partial charge in [0.05, 0.1) is 17.7 Å². The molecule has 26 heavy (non-hydrogen) atoms. The summed E-state index contributed by atoms with van der Waals surface area (Å²) in [5.74, 6) is -0.00222. The molecule has 2 aliphatic heterocycles. The number of hydrogen-bond acceptors (Lipinski definition) is 4. The number of carbonyl (C=O) groups is 1. The van der Waals surface area contributed by atoms with E-state index in [1.807, 2.05) is 38.1 Å². The maximum Gasteiger partial charge on any atom is 0.253 e. The highest BCUT2D eigenvalue weighted by Crippen LogP contribution is 2.22. The first-order valence-corrected chi connectivity index (χ1v) is 9.86. The molecule has 1 aromatic rings. The average molecular weight is 360 g/mol. The number of β-amino-alcohol motifs (C(OH)–C–C–N with tert-alkyl or cyclic N) is 1. The summed E-state index contributed by atoms with van der Waals surface area (Å²) in [6.07, 6.45) is 4.66. The third-order valence-corrected chi connectivity index (χ3v) is 5.63. The molecule has 0 unspecified atom stereocenters. The molecule has 2 aliphatic rings. The molecule has 2 atom stereocenters. The van der Waals surface area contributed by atoms with Crippen molar-refractivity contribution in [2.45, 2.75) is 63.7 Å². The molecule has 5 nitrogen and oxygen atoms in total. The Morgan fingerprint density at radius 2 is 1.77 bits per heavy atom. The van der Waals surface area contributed by atoms with Gasteiger partial charge >= 0.3 is 0 Å². The number of carbonyl (C=O) groups excluding carboxylic acids is 1. The van der Waals surface area contributed by atoms with Crippen LogP contribution in [0.2, 0.25) is 0 Å². The molecule has 0 aromatic heterocycles. The summed E-state index contributed by atoms with van der Waals surface area (Å²) in [6, 6.07) is 7.73. The van der Waals surface area contributed by atoms with Gasteiger partial charge in [-0.05, 0) is 70.3 Å². The van der Waals surface area contributed by atoms with Crippen LogP contribution in [0.4, 0.5) is 0 Å². The lowest BCUT2D eigenvalue weighted by Gasteiger charge is -2.33. The molecule has 2 saturated heterocycles. The smallest absolute Gasteiger partial charge is 0.253 e. The van der Waals surface area contributed by atoms with Gasteiger partial charge < -0.3 is 15.1 Å². The largest absolute Gasteiger partial charge is 0.390 e. The number of rotatable bonds is 5. The Kier molecular flexibility index (Phi) is 6.00. The predicted octanol–water partition coefficient (Wildman–Crippen LogP) is 2.06. The highest BCUT2D eigenvalue weighted by molar-refractivity contribution is 5.94.